The number of amides is 1. The maximum absolute atomic E-state index is 13.9. The minimum Gasteiger partial charge on any atom is -0.305 e. The molecule has 1 atom stereocenters. The highest BCUT2D eigenvalue weighted by Gasteiger charge is 2.21. The Labute approximate surface area is 138 Å². The van der Waals surface area contributed by atoms with Crippen molar-refractivity contribution >= 4 is 22.4 Å². The van der Waals surface area contributed by atoms with Gasteiger partial charge in [-0.15, -0.1) is 0 Å². The lowest BCUT2D eigenvalue weighted by Gasteiger charge is -2.18. The van der Waals surface area contributed by atoms with Gasteiger partial charge in [-0.05, 0) is 36.7 Å². The van der Waals surface area contributed by atoms with Crippen LogP contribution in [0.4, 0.5) is 10.1 Å². The smallest absolute Gasteiger partial charge is 0.260 e. The Morgan fingerprint density at radius 2 is 1.96 bits per heavy atom. The lowest BCUT2D eigenvalue weighted by Crippen LogP contribution is -2.39. The maximum Gasteiger partial charge on any atom is 0.260 e. The van der Waals surface area contributed by atoms with E-state index in [2.05, 4.69) is 21.2 Å². The van der Waals surface area contributed by atoms with E-state index >= 15 is 0 Å². The second kappa shape index (κ2) is 7.06. The number of nitrogens with one attached hydrogen (secondary N) is 3. The molecular weight excluding hydrogens is 307 g/mol. The number of nitrogens with zero attached hydrogens (tertiary/aromatic N) is 1. The molecule has 24 heavy (non-hydrogen) atoms. The number of rotatable bonds is 5. The van der Waals surface area contributed by atoms with Crippen molar-refractivity contribution in [2.45, 2.75) is 6.04 Å². The Kier molecular flexibility index (Phi) is 4.67. The molecular formula is C18H17FN4O. The number of likely N-dealkylation sites (N-methyl/N-ethyl adjacent to an activating group) is 1. The molecule has 0 aliphatic rings. The molecule has 0 saturated carbocycles. The molecule has 0 saturated heterocycles. The zero-order valence-corrected chi connectivity index (χ0v) is 13.1. The summed E-state index contributed by atoms with van der Waals surface area (Å²) in [5.74, 6) is -0.803. The van der Waals surface area contributed by atoms with Crippen LogP contribution in [0.15, 0.2) is 60.9 Å². The largest absolute Gasteiger partial charge is 0.305 e. The van der Waals surface area contributed by atoms with Crippen LogP contribution < -0.4 is 16.2 Å². The van der Waals surface area contributed by atoms with E-state index in [9.17, 15) is 9.18 Å². The number of hydrogen-bond acceptors (Lipinski definition) is 4. The van der Waals surface area contributed by atoms with E-state index in [0.717, 1.165) is 16.5 Å². The van der Waals surface area contributed by atoms with Gasteiger partial charge in [0.15, 0.2) is 0 Å². The third kappa shape index (κ3) is 3.33. The first kappa shape index (κ1) is 15.9. The highest BCUT2D eigenvalue weighted by molar-refractivity contribution is 5.87. The number of anilines is 1. The van der Waals surface area contributed by atoms with Crippen molar-refractivity contribution < 1.29 is 9.18 Å². The van der Waals surface area contributed by atoms with Crippen LogP contribution in [0.25, 0.3) is 10.8 Å². The van der Waals surface area contributed by atoms with Gasteiger partial charge in [0.1, 0.15) is 11.9 Å². The summed E-state index contributed by atoms with van der Waals surface area (Å²) in [7, 11) is 1.61. The third-order valence-corrected chi connectivity index (χ3v) is 3.74. The van der Waals surface area contributed by atoms with Crippen LogP contribution in [0.2, 0.25) is 0 Å². The number of carbonyl (C=O) groups is 1. The van der Waals surface area contributed by atoms with E-state index in [-0.39, 0.29) is 5.91 Å². The quantitative estimate of drug-likeness (QED) is 0.632. The van der Waals surface area contributed by atoms with Gasteiger partial charge in [-0.3, -0.25) is 20.6 Å². The van der Waals surface area contributed by atoms with E-state index in [0.29, 0.717) is 5.56 Å². The molecule has 0 aliphatic carbocycles. The van der Waals surface area contributed by atoms with Crippen molar-refractivity contribution in [3.63, 3.8) is 0 Å². The van der Waals surface area contributed by atoms with Gasteiger partial charge in [0.25, 0.3) is 5.91 Å². The number of hydrogen-bond donors (Lipinski definition) is 3. The zero-order valence-electron chi connectivity index (χ0n) is 13.1. The second-order valence-electron chi connectivity index (χ2n) is 5.30. The number of halogens is 1. The Bertz CT molecular complexity index is 868. The molecule has 0 spiro atoms. The van der Waals surface area contributed by atoms with Crippen molar-refractivity contribution in [2.75, 3.05) is 12.5 Å². The van der Waals surface area contributed by atoms with Crippen LogP contribution >= 0.6 is 0 Å². The highest BCUT2D eigenvalue weighted by atomic mass is 19.1. The van der Waals surface area contributed by atoms with Gasteiger partial charge in [0.05, 0.1) is 5.69 Å². The summed E-state index contributed by atoms with van der Waals surface area (Å²) in [6, 6.07) is 12.9. The second-order valence-corrected chi connectivity index (χ2v) is 5.30. The average molecular weight is 324 g/mol. The van der Waals surface area contributed by atoms with Crippen LogP contribution in [0.5, 0.6) is 0 Å². The van der Waals surface area contributed by atoms with Crippen LogP contribution in [-0.2, 0) is 4.79 Å². The van der Waals surface area contributed by atoms with Gasteiger partial charge in [-0.25, -0.2) is 4.39 Å². The average Bonchev–Trinajstić information content (AvgIpc) is 2.62. The van der Waals surface area contributed by atoms with Gasteiger partial charge in [0, 0.05) is 23.3 Å². The molecule has 1 unspecified atom stereocenters. The fourth-order valence-corrected chi connectivity index (χ4v) is 2.50. The Morgan fingerprint density at radius 3 is 2.75 bits per heavy atom. The first-order valence-corrected chi connectivity index (χ1v) is 7.50. The Hall–Kier alpha value is -2.99. The van der Waals surface area contributed by atoms with Crippen molar-refractivity contribution in [1.82, 2.24) is 15.7 Å². The van der Waals surface area contributed by atoms with Gasteiger partial charge in [-0.2, -0.15) is 0 Å². The fourth-order valence-electron chi connectivity index (χ4n) is 2.50. The first-order valence-electron chi connectivity index (χ1n) is 7.50. The summed E-state index contributed by atoms with van der Waals surface area (Å²) in [6.07, 6.45) is 3.48. The molecule has 122 valence electrons. The molecule has 3 aromatic rings. The first-order chi connectivity index (χ1) is 11.7. The van der Waals surface area contributed by atoms with Crippen molar-refractivity contribution in [1.29, 1.82) is 0 Å². The fraction of sp³-hybridized carbons (Fsp3) is 0.111. The Morgan fingerprint density at radius 1 is 1.12 bits per heavy atom. The number of carbonyl (C=O) groups excluding carboxylic acids is 1. The highest BCUT2D eigenvalue weighted by Crippen LogP contribution is 2.19. The Balaban J connectivity index is 1.72. The molecule has 3 rings (SSSR count). The molecule has 3 N–H and O–H groups in total. The predicted molar refractivity (Wildman–Crippen MR) is 91.7 cm³/mol. The number of benzene rings is 2. The van der Waals surface area contributed by atoms with Gasteiger partial charge in [0.2, 0.25) is 0 Å². The molecule has 1 amide bonds. The van der Waals surface area contributed by atoms with Gasteiger partial charge in [-0.1, -0.05) is 24.3 Å². The van der Waals surface area contributed by atoms with Gasteiger partial charge >= 0.3 is 0 Å². The molecule has 0 radical (unpaired) electrons. The molecule has 2 aromatic carbocycles. The van der Waals surface area contributed by atoms with Crippen molar-refractivity contribution in [3.05, 3.63) is 72.3 Å². The topological polar surface area (TPSA) is 66.1 Å². The zero-order chi connectivity index (χ0) is 16.9. The van der Waals surface area contributed by atoms with Gasteiger partial charge < -0.3 is 5.32 Å². The molecule has 1 heterocycles. The number of pyridine rings is 1. The van der Waals surface area contributed by atoms with E-state index < -0.39 is 11.9 Å². The summed E-state index contributed by atoms with van der Waals surface area (Å²) in [5, 5.41) is 4.84. The van der Waals surface area contributed by atoms with Crippen molar-refractivity contribution in [2.24, 2.45) is 0 Å². The predicted octanol–water partition coefficient (Wildman–Crippen LogP) is 2.78. The minimum atomic E-state index is -0.789. The van der Waals surface area contributed by atoms with E-state index in [1.807, 2.05) is 24.3 Å². The maximum atomic E-state index is 13.9. The summed E-state index contributed by atoms with van der Waals surface area (Å²) < 4.78 is 13.9. The summed E-state index contributed by atoms with van der Waals surface area (Å²) in [5.41, 5.74) is 6.49. The summed E-state index contributed by atoms with van der Waals surface area (Å²) in [4.78, 5) is 16.4. The standard InChI is InChI=1S/C18H17FN4O/c1-20-17(15-4-2-3-5-16(15)19)18(24)23-22-14-7-6-13-11-21-9-8-12(13)10-14/h2-11,17,20,22H,1H3,(H,23,24). The lowest BCUT2D eigenvalue weighted by molar-refractivity contribution is -0.122. The lowest BCUT2D eigenvalue weighted by atomic mass is 10.1. The normalized spacial score (nSPS) is 11.9. The van der Waals surface area contributed by atoms with E-state index in [1.165, 1.54) is 6.07 Å². The number of hydrazine groups is 1. The monoisotopic (exact) mass is 324 g/mol. The molecule has 1 aromatic heterocycles. The van der Waals surface area contributed by atoms with Crippen LogP contribution in [0.1, 0.15) is 11.6 Å². The molecule has 0 fully saturated rings. The SMILES string of the molecule is CNC(C(=O)NNc1ccc2cnccc2c1)c1ccccc1F. The minimum absolute atomic E-state index is 0.295. The molecule has 5 nitrogen and oxygen atoms in total. The summed E-state index contributed by atoms with van der Waals surface area (Å²) in [6.45, 7) is 0. The molecule has 0 aliphatic heterocycles. The van der Waals surface area contributed by atoms with Crippen LogP contribution in [0, 0.1) is 5.82 Å². The molecule has 6 heteroatoms. The number of aromatic nitrogens is 1. The van der Waals surface area contributed by atoms with E-state index in [1.54, 1.807) is 37.6 Å². The van der Waals surface area contributed by atoms with Crippen molar-refractivity contribution in [3.8, 4) is 0 Å². The third-order valence-electron chi connectivity index (χ3n) is 3.74. The number of fused-ring (bicyclic) bond motifs is 1. The van der Waals surface area contributed by atoms with E-state index in [4.69, 9.17) is 0 Å². The van der Waals surface area contributed by atoms with Crippen LogP contribution in [0.3, 0.4) is 0 Å². The van der Waals surface area contributed by atoms with Crippen LogP contribution in [-0.4, -0.2) is 17.9 Å². The molecule has 0 bridgehead atoms. The summed E-state index contributed by atoms with van der Waals surface area (Å²) >= 11 is 0.